The van der Waals surface area contributed by atoms with Crippen LogP contribution >= 0.6 is 0 Å². The molecular weight excluding hydrogens is 570 g/mol. The summed E-state index contributed by atoms with van der Waals surface area (Å²) in [5.41, 5.74) is -3.00. The maximum Gasteiger partial charge on any atom is 0.359 e. The highest BCUT2D eigenvalue weighted by Crippen LogP contribution is 2.59. The largest absolute Gasteiger partial charge is 0.462 e. The van der Waals surface area contributed by atoms with E-state index in [0.29, 0.717) is 11.3 Å². The molecule has 4 rings (SSSR count). The molecule has 43 heavy (non-hydrogen) atoms. The van der Waals surface area contributed by atoms with Gasteiger partial charge in [0.25, 0.3) is 5.56 Å². The summed E-state index contributed by atoms with van der Waals surface area (Å²) in [4.78, 5) is 90.3. The number of hydrogen-bond donors (Lipinski definition) is 3. The monoisotopic (exact) mass is 608 g/mol. The van der Waals surface area contributed by atoms with E-state index in [1.54, 1.807) is 7.05 Å². The van der Waals surface area contributed by atoms with Crippen LogP contribution in [0.15, 0.2) is 15.7 Å². The summed E-state index contributed by atoms with van der Waals surface area (Å²) in [6.45, 7) is 7.48. The summed E-state index contributed by atoms with van der Waals surface area (Å²) >= 11 is 0. The number of rotatable bonds is 8. The quantitative estimate of drug-likeness (QED) is 0.179. The van der Waals surface area contributed by atoms with Crippen LogP contribution in [0.3, 0.4) is 0 Å². The van der Waals surface area contributed by atoms with Gasteiger partial charge < -0.3 is 33.6 Å². The lowest BCUT2D eigenvalue weighted by Gasteiger charge is -2.44. The minimum absolute atomic E-state index is 0.109. The molecule has 0 amide bonds. The van der Waals surface area contributed by atoms with Crippen LogP contribution in [0, 0.1) is 29.1 Å². The molecule has 0 aromatic carbocycles. The molecular formula is C28H38N3O12+. The van der Waals surface area contributed by atoms with Crippen molar-refractivity contribution in [1.82, 2.24) is 9.97 Å². The van der Waals surface area contributed by atoms with Gasteiger partial charge in [-0.1, -0.05) is 13.8 Å². The van der Waals surface area contributed by atoms with Gasteiger partial charge in [-0.2, -0.15) is 0 Å². The fourth-order valence-corrected chi connectivity index (χ4v) is 7.44. The summed E-state index contributed by atoms with van der Waals surface area (Å²) in [6.07, 6.45) is -2.43. The first-order chi connectivity index (χ1) is 20.1. The van der Waals surface area contributed by atoms with Crippen molar-refractivity contribution in [3.63, 3.8) is 0 Å². The molecule has 1 saturated heterocycles. The molecule has 3 fully saturated rings. The Morgan fingerprint density at radius 1 is 1.00 bits per heavy atom. The molecule has 2 saturated carbocycles. The maximum absolute atomic E-state index is 13.3. The fraction of sp³-hybridized carbons (Fsp3) is 0.679. The lowest BCUT2D eigenvalue weighted by Crippen LogP contribution is -3.10. The van der Waals surface area contributed by atoms with Crippen LogP contribution < -0.4 is 16.1 Å². The molecule has 15 nitrogen and oxygen atoms in total. The van der Waals surface area contributed by atoms with Crippen LogP contribution in [0.2, 0.25) is 0 Å². The lowest BCUT2D eigenvalue weighted by molar-refractivity contribution is -0.900. The van der Waals surface area contributed by atoms with Gasteiger partial charge >= 0.3 is 35.5 Å². The fourth-order valence-electron chi connectivity index (χ4n) is 7.44. The number of fused-ring (bicyclic) bond motifs is 2. The maximum atomic E-state index is 13.3. The summed E-state index contributed by atoms with van der Waals surface area (Å²) in [5, 5.41) is 0. The second-order valence-corrected chi connectivity index (χ2v) is 12.0. The molecule has 1 aromatic heterocycles. The second-order valence-electron chi connectivity index (χ2n) is 12.0. The minimum Gasteiger partial charge on any atom is -0.462 e. The van der Waals surface area contributed by atoms with Gasteiger partial charge in [-0.3, -0.25) is 29.0 Å². The molecule has 0 radical (unpaired) electrons. The average Bonchev–Trinajstić information content (AvgIpc) is 3.28. The molecule has 1 unspecified atom stereocenters. The zero-order chi connectivity index (χ0) is 31.8. The Balaban J connectivity index is 1.64. The number of carbonyl (C=O) groups is 5. The molecule has 3 N–H and O–H groups in total. The van der Waals surface area contributed by atoms with Gasteiger partial charge in [0.05, 0.1) is 19.5 Å². The third-order valence-electron chi connectivity index (χ3n) is 8.82. The Bertz CT molecular complexity index is 1380. The van der Waals surface area contributed by atoms with Crippen molar-refractivity contribution in [2.75, 3.05) is 20.3 Å². The van der Waals surface area contributed by atoms with Gasteiger partial charge in [0.2, 0.25) is 6.73 Å². The first kappa shape index (κ1) is 31.9. The standard InChI is InChI=1S/C28H37N3O12/c1-12-7-18-22(16(25(36)43-18)10-31(6)11-39-26(37)17-8-21(35)30-27(38)29-17)24(42-15(4)34)28(5)20(41-14(3)33)9-19(23(12)28)40-13(2)32/h8,12,16,18-20,22-24H,7,9-11H2,1-6H3,(H2,29,30,35,38)/p+1/t12-,16-,18+,19+,20+,22-,23-,24+,28-/m1/s1. The van der Waals surface area contributed by atoms with E-state index in [-0.39, 0.29) is 31.3 Å². The SMILES string of the molecule is CC(=O)O[C@H]1C[C@H](OC(C)=O)[C@]2(C)[C@@H]1[C@H](C)C[C@@H]1OC(=O)[C@H](C[NH+](C)COC(=O)c3cc(=O)[nH]c(=O)[nH]3)[C@H]1[C@@H]2OC(C)=O. The van der Waals surface area contributed by atoms with Crippen molar-refractivity contribution < 1.29 is 52.6 Å². The van der Waals surface area contributed by atoms with Crippen LogP contribution in [0.1, 0.15) is 57.9 Å². The average molecular weight is 609 g/mol. The van der Waals surface area contributed by atoms with E-state index < -0.39 is 88.7 Å². The molecule has 10 atom stereocenters. The molecule has 1 aromatic rings. The molecule has 3 aliphatic rings. The highest BCUT2D eigenvalue weighted by atomic mass is 16.6. The molecule has 15 heteroatoms. The topological polar surface area (TPSA) is 202 Å². The number of H-pyrrole nitrogens is 2. The van der Waals surface area contributed by atoms with Crippen LogP contribution in [0.5, 0.6) is 0 Å². The zero-order valence-electron chi connectivity index (χ0n) is 24.9. The van der Waals surface area contributed by atoms with Gasteiger partial charge in [0, 0.05) is 44.6 Å². The van der Waals surface area contributed by atoms with Gasteiger partial charge in [-0.15, -0.1) is 0 Å². The number of esters is 5. The van der Waals surface area contributed by atoms with E-state index in [0.717, 1.165) is 6.07 Å². The summed E-state index contributed by atoms with van der Waals surface area (Å²) in [5.74, 6) is -5.12. The van der Waals surface area contributed by atoms with Gasteiger partial charge in [0.1, 0.15) is 36.0 Å². The minimum atomic E-state index is -1.05. The van der Waals surface area contributed by atoms with Gasteiger partial charge in [-0.05, 0) is 12.3 Å². The highest BCUT2D eigenvalue weighted by Gasteiger charge is 2.69. The number of nitrogens with one attached hydrogen (secondary N) is 3. The Kier molecular flexibility index (Phi) is 9.13. The van der Waals surface area contributed by atoms with E-state index in [4.69, 9.17) is 23.7 Å². The smallest absolute Gasteiger partial charge is 0.359 e. The first-order valence-electron chi connectivity index (χ1n) is 14.2. The Morgan fingerprint density at radius 3 is 2.26 bits per heavy atom. The van der Waals surface area contributed by atoms with Crippen LogP contribution in [-0.2, 0) is 42.9 Å². The van der Waals surface area contributed by atoms with Crippen LogP contribution in [0.25, 0.3) is 0 Å². The number of quaternary nitrogens is 1. The lowest BCUT2D eigenvalue weighted by atomic mass is 9.66. The van der Waals surface area contributed by atoms with Crippen molar-refractivity contribution in [2.24, 2.45) is 29.1 Å². The Labute approximate surface area is 246 Å². The molecule has 0 spiro atoms. The van der Waals surface area contributed by atoms with Gasteiger partial charge in [-0.25, -0.2) is 9.59 Å². The summed E-state index contributed by atoms with van der Waals surface area (Å²) < 4.78 is 28.6. The van der Waals surface area contributed by atoms with Crippen molar-refractivity contribution >= 4 is 29.8 Å². The third-order valence-corrected chi connectivity index (χ3v) is 8.82. The van der Waals surface area contributed by atoms with Gasteiger partial charge in [0.15, 0.2) is 0 Å². The van der Waals surface area contributed by atoms with Crippen molar-refractivity contribution in [1.29, 1.82) is 0 Å². The normalized spacial score (nSPS) is 33.7. The van der Waals surface area contributed by atoms with E-state index in [1.807, 2.05) is 18.8 Å². The number of ether oxygens (including phenoxy) is 5. The number of aromatic amines is 2. The third kappa shape index (κ3) is 6.50. The number of hydrogen-bond acceptors (Lipinski definition) is 12. The molecule has 236 valence electrons. The number of carbonyl (C=O) groups excluding carboxylic acids is 5. The van der Waals surface area contributed by atoms with E-state index in [9.17, 15) is 33.6 Å². The first-order valence-corrected chi connectivity index (χ1v) is 14.2. The zero-order valence-corrected chi connectivity index (χ0v) is 24.9. The van der Waals surface area contributed by atoms with E-state index in [1.165, 1.54) is 20.8 Å². The predicted octanol–water partition coefficient (Wildman–Crippen LogP) is -1.29. The highest BCUT2D eigenvalue weighted by molar-refractivity contribution is 5.86. The predicted molar refractivity (Wildman–Crippen MR) is 143 cm³/mol. The van der Waals surface area contributed by atoms with Crippen LogP contribution in [0.4, 0.5) is 0 Å². The Hall–Kier alpha value is -4.01. The van der Waals surface area contributed by atoms with E-state index >= 15 is 0 Å². The summed E-state index contributed by atoms with van der Waals surface area (Å²) in [6, 6.07) is 0.899. The Morgan fingerprint density at radius 2 is 1.65 bits per heavy atom. The van der Waals surface area contributed by atoms with E-state index in [2.05, 4.69) is 4.98 Å². The van der Waals surface area contributed by atoms with Crippen molar-refractivity contribution in [3.05, 3.63) is 32.6 Å². The molecule has 0 bridgehead atoms. The van der Waals surface area contributed by atoms with Crippen LogP contribution in [-0.4, -0.2) is 84.6 Å². The van der Waals surface area contributed by atoms with Crippen molar-refractivity contribution in [3.8, 4) is 0 Å². The molecule has 2 aliphatic carbocycles. The van der Waals surface area contributed by atoms with Crippen molar-refractivity contribution in [2.45, 2.75) is 71.9 Å². The second kappa shape index (κ2) is 12.3. The molecule has 1 aliphatic heterocycles. The number of aromatic nitrogens is 2. The summed E-state index contributed by atoms with van der Waals surface area (Å²) in [7, 11) is 1.67. The molecule has 2 heterocycles.